The van der Waals surface area contributed by atoms with E-state index in [0.29, 0.717) is 0 Å². The van der Waals surface area contributed by atoms with E-state index in [1.165, 1.54) is 55.8 Å². The van der Waals surface area contributed by atoms with Crippen LogP contribution in [0.5, 0.6) is 0 Å². The second-order valence-corrected chi connectivity index (χ2v) is 6.81. The monoisotopic (exact) mass is 459 g/mol. The summed E-state index contributed by atoms with van der Waals surface area (Å²) in [6.07, 6.45) is 10.2. The quantitative estimate of drug-likeness (QED) is 0.502. The largest absolute Gasteiger partial charge is 3.00 e. The number of aryl methyl sites for hydroxylation is 2. The van der Waals surface area contributed by atoms with Gasteiger partial charge in [0.05, 0.1) is 0 Å². The number of halogens is 2. The van der Waals surface area contributed by atoms with Gasteiger partial charge in [-0.05, 0) is 26.7 Å². The summed E-state index contributed by atoms with van der Waals surface area (Å²) < 4.78 is 0. The summed E-state index contributed by atoms with van der Waals surface area (Å²) >= 11 is 0. The van der Waals surface area contributed by atoms with Crippen LogP contribution in [0.3, 0.4) is 0 Å². The van der Waals surface area contributed by atoms with E-state index in [1.807, 2.05) is 0 Å². The van der Waals surface area contributed by atoms with Gasteiger partial charge in [0.25, 0.3) is 0 Å². The molecule has 3 aromatic rings. The molecule has 0 spiro atoms. The third kappa shape index (κ3) is 3.91. The van der Waals surface area contributed by atoms with Gasteiger partial charge in [0.1, 0.15) is 0 Å². The molecule has 4 rings (SSSR count). The van der Waals surface area contributed by atoms with Gasteiger partial charge in [-0.25, -0.2) is 0 Å². The maximum absolute atomic E-state index is 2.44. The van der Waals surface area contributed by atoms with E-state index in [1.54, 1.807) is 0 Å². The minimum Gasteiger partial charge on any atom is -1.00 e. The standard InChI is InChI=1S/C23H23.2ClH.Zr/c1-4-7-18-13-21-20-11-10-15(2)12-19(20)14-22(21)23(16(18)3)17-8-5-6-9-17;;;/h5-6,8,10-14H,4,7,9H2,1-3H3;2*1H;/q-1;;;+3/p-2. The van der Waals surface area contributed by atoms with Gasteiger partial charge >= 0.3 is 26.2 Å². The first-order valence-electron chi connectivity index (χ1n) is 8.67. The van der Waals surface area contributed by atoms with Crippen molar-refractivity contribution in [3.05, 3.63) is 70.8 Å². The molecule has 0 bridgehead atoms. The summed E-state index contributed by atoms with van der Waals surface area (Å²) in [5, 5.41) is 5.63. The molecule has 1 aliphatic carbocycles. The topological polar surface area (TPSA) is 0 Å². The summed E-state index contributed by atoms with van der Waals surface area (Å²) in [5.41, 5.74) is 7.26. The molecular weight excluding hydrogens is 438 g/mol. The van der Waals surface area contributed by atoms with Crippen LogP contribution in [-0.4, -0.2) is 0 Å². The fourth-order valence-corrected chi connectivity index (χ4v) is 4.01. The van der Waals surface area contributed by atoms with Crippen LogP contribution < -0.4 is 24.8 Å². The van der Waals surface area contributed by atoms with Gasteiger partial charge in [-0.3, -0.25) is 0 Å². The summed E-state index contributed by atoms with van der Waals surface area (Å²) in [6.45, 7) is 6.75. The normalized spacial score (nSPS) is 12.5. The van der Waals surface area contributed by atoms with Crippen LogP contribution in [0, 0.1) is 13.8 Å². The van der Waals surface area contributed by atoms with E-state index in [0.717, 1.165) is 12.8 Å². The number of allylic oxidation sites excluding steroid dienone is 4. The number of hydrogen-bond donors (Lipinski definition) is 0. The maximum atomic E-state index is 2.44. The molecule has 1 radical (unpaired) electrons. The summed E-state index contributed by atoms with van der Waals surface area (Å²) in [5.74, 6) is 0. The number of rotatable bonds is 3. The molecule has 0 nitrogen and oxygen atoms in total. The Bertz CT molecular complexity index is 977. The molecule has 0 heterocycles. The molecule has 0 N–H and O–H groups in total. The van der Waals surface area contributed by atoms with Crippen molar-refractivity contribution in [2.75, 3.05) is 0 Å². The molecule has 0 saturated carbocycles. The van der Waals surface area contributed by atoms with Crippen molar-refractivity contribution >= 4 is 27.1 Å². The Labute approximate surface area is 188 Å². The van der Waals surface area contributed by atoms with Gasteiger partial charge in [-0.15, -0.1) is 33.7 Å². The Hall–Kier alpha value is -0.747. The number of fused-ring (bicyclic) bond motifs is 3. The maximum Gasteiger partial charge on any atom is 3.00 e. The second-order valence-electron chi connectivity index (χ2n) is 6.81. The first-order chi connectivity index (χ1) is 11.2. The van der Waals surface area contributed by atoms with Gasteiger partial charge in [-0.2, -0.15) is 0 Å². The molecule has 0 aliphatic heterocycles. The van der Waals surface area contributed by atoms with Crippen LogP contribution in [-0.2, 0) is 32.6 Å². The van der Waals surface area contributed by atoms with Crippen molar-refractivity contribution in [1.29, 1.82) is 0 Å². The zero-order chi connectivity index (χ0) is 16.0. The van der Waals surface area contributed by atoms with Crippen molar-refractivity contribution in [2.45, 2.75) is 40.0 Å². The van der Waals surface area contributed by atoms with Crippen molar-refractivity contribution < 1.29 is 51.0 Å². The molecule has 0 amide bonds. The van der Waals surface area contributed by atoms with Gasteiger partial charge in [0.2, 0.25) is 0 Å². The molecule has 0 aromatic heterocycles. The number of benzene rings is 2. The molecule has 3 heteroatoms. The fraction of sp³-hybridized carbons (Fsp3) is 0.261. The third-order valence-electron chi connectivity index (χ3n) is 5.14. The van der Waals surface area contributed by atoms with E-state index < -0.39 is 0 Å². The van der Waals surface area contributed by atoms with E-state index in [9.17, 15) is 0 Å². The van der Waals surface area contributed by atoms with Crippen LogP contribution in [0.4, 0.5) is 0 Å². The van der Waals surface area contributed by atoms with Gasteiger partial charge in [-0.1, -0.05) is 77.6 Å². The predicted octanol–water partition coefficient (Wildman–Crippen LogP) is 0.630. The first kappa shape index (κ1) is 23.3. The van der Waals surface area contributed by atoms with Gasteiger partial charge < -0.3 is 24.8 Å². The zero-order valence-electron chi connectivity index (χ0n) is 15.5. The Morgan fingerprint density at radius 2 is 1.81 bits per heavy atom. The van der Waals surface area contributed by atoms with Crippen LogP contribution in [0.25, 0.3) is 27.1 Å². The molecule has 0 unspecified atom stereocenters. The molecule has 0 atom stereocenters. The minimum absolute atomic E-state index is 0. The Morgan fingerprint density at radius 1 is 1.04 bits per heavy atom. The van der Waals surface area contributed by atoms with Crippen LogP contribution in [0.2, 0.25) is 0 Å². The first-order valence-corrected chi connectivity index (χ1v) is 8.67. The summed E-state index contributed by atoms with van der Waals surface area (Å²) in [7, 11) is 0. The Balaban J connectivity index is 0.00000113. The van der Waals surface area contributed by atoms with Crippen LogP contribution in [0.1, 0.15) is 42.0 Å². The molecule has 0 saturated heterocycles. The summed E-state index contributed by atoms with van der Waals surface area (Å²) in [6, 6.07) is 11.7. The van der Waals surface area contributed by atoms with E-state index >= 15 is 0 Å². The van der Waals surface area contributed by atoms with E-state index in [4.69, 9.17) is 0 Å². The second kappa shape index (κ2) is 9.45. The smallest absolute Gasteiger partial charge is 1.00 e. The van der Waals surface area contributed by atoms with Crippen LogP contribution >= 0.6 is 0 Å². The van der Waals surface area contributed by atoms with Gasteiger partial charge in [0, 0.05) is 0 Å². The molecule has 133 valence electrons. The molecule has 26 heavy (non-hydrogen) atoms. The molecular formula is C23H23Cl2Zr. The average molecular weight is 462 g/mol. The zero-order valence-corrected chi connectivity index (χ0v) is 19.5. The van der Waals surface area contributed by atoms with Crippen molar-refractivity contribution in [2.24, 2.45) is 0 Å². The SMILES string of the molecule is CCCc1cc2c([cH-]c3cc(C)ccc32)c(C2=CC=CC2)c1C.[Cl-].[Cl-].[Zr+3]. The van der Waals surface area contributed by atoms with Crippen molar-refractivity contribution in [3.8, 4) is 0 Å². The molecule has 0 fully saturated rings. The van der Waals surface area contributed by atoms with Crippen molar-refractivity contribution in [3.63, 3.8) is 0 Å². The van der Waals surface area contributed by atoms with E-state index in [2.05, 4.69) is 69.3 Å². The predicted molar refractivity (Wildman–Crippen MR) is 102 cm³/mol. The van der Waals surface area contributed by atoms with Crippen molar-refractivity contribution in [1.82, 2.24) is 0 Å². The minimum atomic E-state index is 0. The fourth-order valence-electron chi connectivity index (χ4n) is 4.01. The summed E-state index contributed by atoms with van der Waals surface area (Å²) in [4.78, 5) is 0. The number of hydrogen-bond acceptors (Lipinski definition) is 0. The van der Waals surface area contributed by atoms with Crippen LogP contribution in [0.15, 0.2) is 48.6 Å². The average Bonchev–Trinajstić information content (AvgIpc) is 3.15. The molecule has 1 aliphatic rings. The van der Waals surface area contributed by atoms with E-state index in [-0.39, 0.29) is 51.0 Å². The Morgan fingerprint density at radius 3 is 2.46 bits per heavy atom. The molecule has 3 aromatic carbocycles. The Kier molecular flexibility index (Phi) is 8.47. The third-order valence-corrected chi connectivity index (χ3v) is 5.14. The van der Waals surface area contributed by atoms with Gasteiger partial charge in [0.15, 0.2) is 0 Å².